The fraction of sp³-hybridized carbons (Fsp3) is 0.133. The summed E-state index contributed by atoms with van der Waals surface area (Å²) in [7, 11) is 0. The lowest BCUT2D eigenvalue weighted by Crippen LogP contribution is -2.12. The van der Waals surface area contributed by atoms with Crippen LogP contribution in [0.1, 0.15) is 15.9 Å². The van der Waals surface area contributed by atoms with Crippen LogP contribution >= 0.6 is 11.6 Å². The van der Waals surface area contributed by atoms with E-state index in [-0.39, 0.29) is 35.0 Å². The Morgan fingerprint density at radius 1 is 1.15 bits per heavy atom. The molecule has 20 heavy (non-hydrogen) atoms. The Balaban J connectivity index is 2.09. The molecule has 0 saturated carbocycles. The van der Waals surface area contributed by atoms with Crippen molar-refractivity contribution >= 4 is 17.4 Å². The molecule has 2 aromatic rings. The van der Waals surface area contributed by atoms with Gasteiger partial charge < -0.3 is 14.9 Å². The summed E-state index contributed by atoms with van der Waals surface area (Å²) in [5.74, 6) is -0.148. The molecule has 4 nitrogen and oxygen atoms in total. The Hall–Kier alpha value is -2.20. The summed E-state index contributed by atoms with van der Waals surface area (Å²) in [6.07, 6.45) is 0. The van der Waals surface area contributed by atoms with Gasteiger partial charge >= 0.3 is 0 Å². The third-order valence-electron chi connectivity index (χ3n) is 2.89. The van der Waals surface area contributed by atoms with Crippen LogP contribution in [-0.2, 0) is 0 Å². The first-order chi connectivity index (χ1) is 9.49. The van der Waals surface area contributed by atoms with Crippen LogP contribution in [0.15, 0.2) is 36.4 Å². The molecule has 104 valence electrons. The minimum Gasteiger partial charge on any atom is -0.508 e. The summed E-state index contributed by atoms with van der Waals surface area (Å²) in [5.41, 5.74) is 0.386. The normalized spacial score (nSPS) is 10.3. The first kappa shape index (κ1) is 14.2. The van der Waals surface area contributed by atoms with E-state index in [0.717, 1.165) is 0 Å². The zero-order chi connectivity index (χ0) is 14.7. The highest BCUT2D eigenvalue weighted by Gasteiger charge is 2.15. The smallest absolute Gasteiger partial charge is 0.203 e. The molecule has 2 aromatic carbocycles. The van der Waals surface area contributed by atoms with Gasteiger partial charge in [-0.25, -0.2) is 0 Å². The lowest BCUT2D eigenvalue weighted by Gasteiger charge is -2.09. The zero-order valence-electron chi connectivity index (χ0n) is 10.8. The van der Waals surface area contributed by atoms with Gasteiger partial charge in [0.1, 0.15) is 17.2 Å². The SMILES string of the molecule is Cc1c(O)ccc(C(=O)COc2ccc(Cl)cc2)c1O. The van der Waals surface area contributed by atoms with Crippen LogP contribution in [0.5, 0.6) is 17.2 Å². The number of ether oxygens (including phenoxy) is 1. The van der Waals surface area contributed by atoms with Gasteiger partial charge in [-0.2, -0.15) is 0 Å². The third-order valence-corrected chi connectivity index (χ3v) is 3.14. The molecular weight excluding hydrogens is 280 g/mol. The quantitative estimate of drug-likeness (QED) is 0.848. The Morgan fingerprint density at radius 2 is 1.80 bits per heavy atom. The second-order valence-corrected chi connectivity index (χ2v) is 4.71. The van der Waals surface area contributed by atoms with Gasteiger partial charge in [-0.05, 0) is 43.3 Å². The average molecular weight is 293 g/mol. The molecule has 0 heterocycles. The van der Waals surface area contributed by atoms with Crippen molar-refractivity contribution in [3.05, 3.63) is 52.5 Å². The molecule has 0 aliphatic rings. The van der Waals surface area contributed by atoms with Gasteiger partial charge in [0.25, 0.3) is 0 Å². The van der Waals surface area contributed by atoms with Crippen molar-refractivity contribution in [1.29, 1.82) is 0 Å². The van der Waals surface area contributed by atoms with E-state index in [4.69, 9.17) is 16.3 Å². The monoisotopic (exact) mass is 292 g/mol. The van der Waals surface area contributed by atoms with E-state index in [1.54, 1.807) is 24.3 Å². The van der Waals surface area contributed by atoms with Crippen molar-refractivity contribution < 1.29 is 19.7 Å². The van der Waals surface area contributed by atoms with Crippen LogP contribution in [0.2, 0.25) is 5.02 Å². The molecule has 0 atom stereocenters. The molecule has 0 unspecified atom stereocenters. The molecule has 0 fully saturated rings. The van der Waals surface area contributed by atoms with Gasteiger partial charge in [-0.15, -0.1) is 0 Å². The molecular formula is C15H13ClO4. The van der Waals surface area contributed by atoms with Gasteiger partial charge in [0.15, 0.2) is 6.61 Å². The van der Waals surface area contributed by atoms with E-state index < -0.39 is 0 Å². The van der Waals surface area contributed by atoms with Crippen LogP contribution in [0.4, 0.5) is 0 Å². The number of ketones is 1. The minimum absolute atomic E-state index is 0.0577. The Kier molecular flexibility index (Phi) is 4.15. The van der Waals surface area contributed by atoms with Crippen LogP contribution < -0.4 is 4.74 Å². The van der Waals surface area contributed by atoms with E-state index in [2.05, 4.69) is 0 Å². The van der Waals surface area contributed by atoms with E-state index in [1.165, 1.54) is 19.1 Å². The van der Waals surface area contributed by atoms with E-state index in [1.807, 2.05) is 0 Å². The number of benzene rings is 2. The summed E-state index contributed by atoms with van der Waals surface area (Å²) in [6, 6.07) is 9.35. The number of rotatable bonds is 4. The number of hydrogen-bond acceptors (Lipinski definition) is 4. The first-order valence-electron chi connectivity index (χ1n) is 5.92. The molecule has 2 N–H and O–H groups in total. The van der Waals surface area contributed by atoms with Crippen molar-refractivity contribution in [1.82, 2.24) is 0 Å². The number of aromatic hydroxyl groups is 2. The summed E-state index contributed by atoms with van der Waals surface area (Å²) in [5, 5.41) is 19.8. The lowest BCUT2D eigenvalue weighted by atomic mass is 10.1. The molecule has 0 spiro atoms. The van der Waals surface area contributed by atoms with Crippen molar-refractivity contribution in [2.75, 3.05) is 6.61 Å². The third kappa shape index (κ3) is 3.03. The van der Waals surface area contributed by atoms with Crippen molar-refractivity contribution in [3.63, 3.8) is 0 Å². The maximum Gasteiger partial charge on any atom is 0.203 e. The average Bonchev–Trinajstić information content (AvgIpc) is 2.44. The lowest BCUT2D eigenvalue weighted by molar-refractivity contribution is 0.0918. The van der Waals surface area contributed by atoms with Crippen LogP contribution in [0.3, 0.4) is 0 Å². The number of phenolic OH excluding ortho intramolecular Hbond substituents is 2. The number of carbonyl (C=O) groups excluding carboxylic acids is 1. The molecule has 0 bridgehead atoms. The second-order valence-electron chi connectivity index (χ2n) is 4.27. The summed E-state index contributed by atoms with van der Waals surface area (Å²) >= 11 is 5.74. The topological polar surface area (TPSA) is 66.8 Å². The van der Waals surface area contributed by atoms with Crippen molar-refractivity contribution in [3.8, 4) is 17.2 Å². The molecule has 0 aliphatic heterocycles. The molecule has 0 saturated heterocycles. The zero-order valence-corrected chi connectivity index (χ0v) is 11.5. The van der Waals surface area contributed by atoms with E-state index >= 15 is 0 Å². The maximum absolute atomic E-state index is 12.0. The number of phenols is 2. The Morgan fingerprint density at radius 3 is 2.45 bits per heavy atom. The van der Waals surface area contributed by atoms with Crippen molar-refractivity contribution in [2.24, 2.45) is 0 Å². The summed E-state index contributed by atoms with van der Waals surface area (Å²) < 4.78 is 5.32. The maximum atomic E-state index is 12.0. The number of carbonyl (C=O) groups is 1. The second kappa shape index (κ2) is 5.84. The van der Waals surface area contributed by atoms with Gasteiger partial charge in [0, 0.05) is 10.6 Å². The molecule has 0 aliphatic carbocycles. The number of halogens is 1. The van der Waals surface area contributed by atoms with Gasteiger partial charge in [0.05, 0.1) is 5.56 Å². The Labute approximate surface area is 121 Å². The molecule has 0 amide bonds. The van der Waals surface area contributed by atoms with Crippen LogP contribution in [0.25, 0.3) is 0 Å². The molecule has 0 aromatic heterocycles. The predicted molar refractivity (Wildman–Crippen MR) is 75.8 cm³/mol. The standard InChI is InChI=1S/C15H13ClO4/c1-9-13(17)7-6-12(15(9)19)14(18)8-20-11-4-2-10(16)3-5-11/h2-7,17,19H,8H2,1H3. The highest BCUT2D eigenvalue weighted by molar-refractivity contribution is 6.30. The Bertz CT molecular complexity index is 635. The first-order valence-corrected chi connectivity index (χ1v) is 6.30. The van der Waals surface area contributed by atoms with Crippen molar-refractivity contribution in [2.45, 2.75) is 6.92 Å². The predicted octanol–water partition coefficient (Wildman–Crippen LogP) is 3.32. The minimum atomic E-state index is -0.374. The largest absolute Gasteiger partial charge is 0.508 e. The number of Topliss-reactive ketones (excluding diaryl/α,β-unsaturated/α-hetero) is 1. The molecule has 5 heteroatoms. The van der Waals surface area contributed by atoms with Gasteiger partial charge in [0.2, 0.25) is 5.78 Å². The summed E-state index contributed by atoms with van der Waals surface area (Å²) in [4.78, 5) is 12.0. The highest BCUT2D eigenvalue weighted by atomic mass is 35.5. The highest BCUT2D eigenvalue weighted by Crippen LogP contribution is 2.29. The molecule has 0 radical (unpaired) electrons. The fourth-order valence-electron chi connectivity index (χ4n) is 1.67. The number of hydrogen-bond donors (Lipinski definition) is 2. The van der Waals surface area contributed by atoms with Crippen LogP contribution in [-0.4, -0.2) is 22.6 Å². The summed E-state index contributed by atoms with van der Waals surface area (Å²) in [6.45, 7) is 1.32. The molecule has 2 rings (SSSR count). The van der Waals surface area contributed by atoms with Gasteiger partial charge in [-0.3, -0.25) is 4.79 Å². The van der Waals surface area contributed by atoms with Gasteiger partial charge in [-0.1, -0.05) is 11.6 Å². The van der Waals surface area contributed by atoms with E-state index in [9.17, 15) is 15.0 Å². The fourth-order valence-corrected chi connectivity index (χ4v) is 1.80. The van der Waals surface area contributed by atoms with Crippen LogP contribution in [0, 0.1) is 6.92 Å². The van der Waals surface area contributed by atoms with E-state index in [0.29, 0.717) is 10.8 Å².